The van der Waals surface area contributed by atoms with E-state index in [1.54, 1.807) is 57.2 Å². The molecule has 160 valence electrons. The molecule has 1 N–H and O–H groups in total. The number of carbonyl (C=O) groups excluding carboxylic acids is 3. The van der Waals surface area contributed by atoms with Crippen molar-refractivity contribution in [1.82, 2.24) is 10.2 Å². The molecule has 0 spiro atoms. The number of nitrogens with one attached hydrogen (secondary N) is 1. The normalized spacial score (nSPS) is 14.1. The van der Waals surface area contributed by atoms with Crippen LogP contribution in [-0.2, 0) is 11.2 Å². The maximum atomic E-state index is 12.8. The summed E-state index contributed by atoms with van der Waals surface area (Å²) in [5, 5.41) is 12.1. The second-order valence-electron chi connectivity index (χ2n) is 8.49. The quantitative estimate of drug-likeness (QED) is 0.722. The first kappa shape index (κ1) is 22.0. The lowest BCUT2D eigenvalue weighted by molar-refractivity contribution is 0.0513. The van der Waals surface area contributed by atoms with Crippen LogP contribution < -0.4 is 5.32 Å². The number of imide groups is 1. The number of nitriles is 1. The lowest BCUT2D eigenvalue weighted by atomic mass is 9.95. The number of rotatable bonds is 6. The number of hydrogen-bond donors (Lipinski definition) is 1. The Balaban J connectivity index is 1.79. The van der Waals surface area contributed by atoms with Gasteiger partial charge in [0, 0.05) is 13.1 Å². The van der Waals surface area contributed by atoms with Crippen molar-refractivity contribution in [2.75, 3.05) is 13.1 Å². The lowest BCUT2D eigenvalue weighted by Gasteiger charge is -2.25. The van der Waals surface area contributed by atoms with Gasteiger partial charge in [0.05, 0.1) is 22.8 Å². The average Bonchev–Trinajstić information content (AvgIpc) is 2.96. The number of benzene rings is 2. The molecular weight excluding hydrogens is 394 g/mol. The van der Waals surface area contributed by atoms with E-state index in [-0.39, 0.29) is 30.8 Å². The minimum absolute atomic E-state index is 0.113. The smallest absolute Gasteiger partial charge is 0.407 e. The Bertz CT molecular complexity index is 1010. The van der Waals surface area contributed by atoms with Crippen LogP contribution in [0.5, 0.6) is 0 Å². The second-order valence-corrected chi connectivity index (χ2v) is 8.49. The molecule has 7 nitrogen and oxygen atoms in total. The highest BCUT2D eigenvalue weighted by Crippen LogP contribution is 2.24. The first-order valence-corrected chi connectivity index (χ1v) is 10.1. The van der Waals surface area contributed by atoms with Gasteiger partial charge in [0.1, 0.15) is 5.60 Å². The molecule has 0 saturated carbocycles. The number of fused-ring (bicyclic) bond motifs is 1. The molecule has 1 aliphatic heterocycles. The highest BCUT2D eigenvalue weighted by molar-refractivity contribution is 6.21. The molecule has 1 heterocycles. The van der Waals surface area contributed by atoms with E-state index < -0.39 is 11.7 Å². The number of amides is 3. The molecule has 31 heavy (non-hydrogen) atoms. The van der Waals surface area contributed by atoms with Gasteiger partial charge in [0.15, 0.2) is 0 Å². The molecule has 3 rings (SSSR count). The number of carbonyl (C=O) groups is 3. The molecule has 2 aromatic rings. The maximum Gasteiger partial charge on any atom is 0.407 e. The van der Waals surface area contributed by atoms with Crippen LogP contribution >= 0.6 is 0 Å². The van der Waals surface area contributed by atoms with Gasteiger partial charge in [-0.15, -0.1) is 0 Å². The Morgan fingerprint density at radius 2 is 1.65 bits per heavy atom. The van der Waals surface area contributed by atoms with Crippen molar-refractivity contribution < 1.29 is 19.1 Å². The number of alkyl carbamates (subject to hydrolysis) is 1. The first-order valence-electron chi connectivity index (χ1n) is 10.1. The Morgan fingerprint density at radius 3 is 2.23 bits per heavy atom. The summed E-state index contributed by atoms with van der Waals surface area (Å²) >= 11 is 0. The molecular formula is C24H25N3O4. The zero-order chi connectivity index (χ0) is 22.6. The van der Waals surface area contributed by atoms with Gasteiger partial charge in [-0.1, -0.05) is 30.3 Å². The third-order valence-electron chi connectivity index (χ3n) is 4.90. The molecule has 0 bridgehead atoms. The Hall–Kier alpha value is -3.66. The van der Waals surface area contributed by atoms with Gasteiger partial charge in [-0.3, -0.25) is 14.5 Å². The standard InChI is InChI=1S/C24H25N3O4/c1-24(2,3)31-23(30)26-14-16(12-17-8-4-5-9-18(17)13-25)15-27-21(28)19-10-6-7-11-20(19)22(27)29/h4-11,16H,12,14-15H2,1-3H3,(H,26,30). The van der Waals surface area contributed by atoms with Gasteiger partial charge >= 0.3 is 6.09 Å². The van der Waals surface area contributed by atoms with E-state index in [1.165, 1.54) is 4.90 Å². The minimum atomic E-state index is -0.643. The van der Waals surface area contributed by atoms with Gasteiger partial charge in [0.2, 0.25) is 0 Å². The van der Waals surface area contributed by atoms with Crippen molar-refractivity contribution in [2.45, 2.75) is 32.8 Å². The lowest BCUT2D eigenvalue weighted by Crippen LogP contribution is -2.41. The van der Waals surface area contributed by atoms with Crippen LogP contribution in [0.25, 0.3) is 0 Å². The number of nitrogens with zero attached hydrogens (tertiary/aromatic N) is 2. The molecule has 0 radical (unpaired) electrons. The van der Waals surface area contributed by atoms with Gasteiger partial charge in [-0.05, 0) is 56.9 Å². The van der Waals surface area contributed by atoms with E-state index in [0.29, 0.717) is 23.1 Å². The molecule has 1 atom stereocenters. The summed E-state index contributed by atoms with van der Waals surface area (Å²) in [7, 11) is 0. The number of ether oxygens (including phenoxy) is 1. The highest BCUT2D eigenvalue weighted by atomic mass is 16.6. The third kappa shape index (κ3) is 5.28. The Kier molecular flexibility index (Phi) is 6.40. The van der Waals surface area contributed by atoms with Crippen LogP contribution in [0.3, 0.4) is 0 Å². The Labute approximate surface area is 181 Å². The summed E-state index contributed by atoms with van der Waals surface area (Å²) in [6.07, 6.45) is -0.166. The SMILES string of the molecule is CC(C)(C)OC(=O)NCC(Cc1ccccc1C#N)CN1C(=O)c2ccccc2C1=O. The van der Waals surface area contributed by atoms with Crippen molar-refractivity contribution >= 4 is 17.9 Å². The summed E-state index contributed by atoms with van der Waals surface area (Å²) in [5.41, 5.74) is 1.42. The van der Waals surface area contributed by atoms with Crippen LogP contribution in [0.15, 0.2) is 48.5 Å². The predicted molar refractivity (Wildman–Crippen MR) is 114 cm³/mol. The van der Waals surface area contributed by atoms with Crippen LogP contribution in [0.2, 0.25) is 0 Å². The fraction of sp³-hybridized carbons (Fsp3) is 0.333. The fourth-order valence-electron chi connectivity index (χ4n) is 3.52. The van der Waals surface area contributed by atoms with Crippen LogP contribution in [0, 0.1) is 17.2 Å². The van der Waals surface area contributed by atoms with Crippen molar-refractivity contribution in [3.63, 3.8) is 0 Å². The minimum Gasteiger partial charge on any atom is -0.444 e. The summed E-state index contributed by atoms with van der Waals surface area (Å²) in [6, 6.07) is 16.0. The van der Waals surface area contributed by atoms with E-state index in [2.05, 4.69) is 11.4 Å². The van der Waals surface area contributed by atoms with E-state index in [1.807, 2.05) is 12.1 Å². The fourth-order valence-corrected chi connectivity index (χ4v) is 3.52. The predicted octanol–water partition coefficient (Wildman–Crippen LogP) is 3.54. The first-order chi connectivity index (χ1) is 14.7. The summed E-state index contributed by atoms with van der Waals surface area (Å²) in [6.45, 7) is 5.61. The monoisotopic (exact) mass is 419 g/mol. The van der Waals surface area contributed by atoms with Crippen LogP contribution in [0.1, 0.15) is 52.6 Å². The van der Waals surface area contributed by atoms with E-state index in [9.17, 15) is 19.6 Å². The topological polar surface area (TPSA) is 99.5 Å². The van der Waals surface area contributed by atoms with Crippen LogP contribution in [0.4, 0.5) is 4.79 Å². The Morgan fingerprint density at radius 1 is 1.06 bits per heavy atom. The number of hydrogen-bond acceptors (Lipinski definition) is 5. The van der Waals surface area contributed by atoms with Gasteiger partial charge in [-0.2, -0.15) is 5.26 Å². The van der Waals surface area contributed by atoms with Gasteiger partial charge in [0.25, 0.3) is 11.8 Å². The van der Waals surface area contributed by atoms with Crippen LogP contribution in [-0.4, -0.2) is 41.5 Å². The zero-order valence-electron chi connectivity index (χ0n) is 17.8. The third-order valence-corrected chi connectivity index (χ3v) is 4.90. The molecule has 2 aromatic carbocycles. The van der Waals surface area contributed by atoms with Gasteiger partial charge < -0.3 is 10.1 Å². The molecule has 0 aromatic heterocycles. The molecule has 1 aliphatic rings. The molecule has 0 aliphatic carbocycles. The summed E-state index contributed by atoms with van der Waals surface area (Å²) in [5.74, 6) is -1.00. The zero-order valence-corrected chi connectivity index (χ0v) is 17.8. The maximum absolute atomic E-state index is 12.8. The average molecular weight is 419 g/mol. The largest absolute Gasteiger partial charge is 0.444 e. The van der Waals surface area contributed by atoms with Crippen molar-refractivity contribution in [1.29, 1.82) is 5.26 Å². The van der Waals surface area contributed by atoms with Crippen molar-refractivity contribution in [3.05, 3.63) is 70.8 Å². The molecule has 1 unspecified atom stereocenters. The molecule has 0 fully saturated rings. The van der Waals surface area contributed by atoms with Gasteiger partial charge in [-0.25, -0.2) is 4.79 Å². The second kappa shape index (κ2) is 9.00. The van der Waals surface area contributed by atoms with E-state index in [4.69, 9.17) is 4.74 Å². The van der Waals surface area contributed by atoms with E-state index in [0.717, 1.165) is 5.56 Å². The molecule has 7 heteroatoms. The molecule has 0 saturated heterocycles. The van der Waals surface area contributed by atoms with Crippen molar-refractivity contribution in [3.8, 4) is 6.07 Å². The van der Waals surface area contributed by atoms with Crippen molar-refractivity contribution in [2.24, 2.45) is 5.92 Å². The molecule has 3 amide bonds. The van der Waals surface area contributed by atoms with E-state index >= 15 is 0 Å². The summed E-state index contributed by atoms with van der Waals surface area (Å²) in [4.78, 5) is 38.9. The highest BCUT2D eigenvalue weighted by Gasteiger charge is 2.36. The summed E-state index contributed by atoms with van der Waals surface area (Å²) < 4.78 is 5.30.